The molecule has 0 radical (unpaired) electrons. The Morgan fingerprint density at radius 2 is 1.43 bits per heavy atom. The zero-order chi connectivity index (χ0) is 19.9. The fraction of sp³-hybridized carbons (Fsp3) is 0.440. The number of hydrogen-bond acceptors (Lipinski definition) is 3. The van der Waals surface area contributed by atoms with E-state index < -0.39 is 0 Å². The van der Waals surface area contributed by atoms with Gasteiger partial charge in [0.2, 0.25) is 0 Å². The van der Waals surface area contributed by atoms with Crippen LogP contribution in [-0.4, -0.2) is 13.2 Å². The molecule has 28 heavy (non-hydrogen) atoms. The van der Waals surface area contributed by atoms with Crippen LogP contribution in [0.2, 0.25) is 0 Å². The van der Waals surface area contributed by atoms with E-state index in [1.807, 2.05) is 19.9 Å². The average Bonchev–Trinajstić information content (AvgIpc) is 3.08. The monoisotopic (exact) mass is 378 g/mol. The molecule has 3 aromatic rings. The lowest BCUT2D eigenvalue weighted by Crippen LogP contribution is -1.98. The van der Waals surface area contributed by atoms with Crippen molar-refractivity contribution < 1.29 is 13.9 Å². The van der Waals surface area contributed by atoms with Crippen molar-refractivity contribution in [1.82, 2.24) is 0 Å². The number of aryl methyl sites for hydroxylation is 2. The van der Waals surface area contributed by atoms with Crippen LogP contribution in [0.25, 0.3) is 21.9 Å². The third-order valence-electron chi connectivity index (χ3n) is 5.19. The molecule has 0 saturated carbocycles. The molecule has 3 nitrogen and oxygen atoms in total. The molecule has 0 aliphatic heterocycles. The third-order valence-corrected chi connectivity index (χ3v) is 5.19. The van der Waals surface area contributed by atoms with Crippen LogP contribution in [-0.2, 0) is 0 Å². The molecule has 3 heteroatoms. The van der Waals surface area contributed by atoms with Crippen LogP contribution in [0.15, 0.2) is 28.7 Å². The number of fused-ring (bicyclic) bond motifs is 3. The minimum absolute atomic E-state index is 0.387. The van der Waals surface area contributed by atoms with E-state index in [0.717, 1.165) is 57.6 Å². The van der Waals surface area contributed by atoms with Crippen molar-refractivity contribution in [2.24, 2.45) is 0 Å². The first-order valence-corrected chi connectivity index (χ1v) is 10.3. The summed E-state index contributed by atoms with van der Waals surface area (Å²) in [5.41, 5.74) is 3.83. The molecule has 0 fully saturated rings. The topological polar surface area (TPSA) is 31.6 Å². The molecule has 0 saturated heterocycles. The minimum atomic E-state index is 0.387. The zero-order valence-electron chi connectivity index (χ0n) is 17.5. The van der Waals surface area contributed by atoms with Crippen LogP contribution in [0.1, 0.15) is 57.1 Å². The maximum Gasteiger partial charge on any atom is 0.149 e. The van der Waals surface area contributed by atoms with E-state index in [1.165, 1.54) is 25.7 Å². The van der Waals surface area contributed by atoms with Crippen molar-refractivity contribution in [3.05, 3.63) is 35.4 Å². The SMILES string of the molecule is CC#CCOc1ccc2c(oc3c(C)c(OCCCCCCC)ccc32)c1C. The second-order valence-electron chi connectivity index (χ2n) is 7.21. The molecule has 0 spiro atoms. The van der Waals surface area contributed by atoms with Crippen molar-refractivity contribution in [3.8, 4) is 23.3 Å². The van der Waals surface area contributed by atoms with E-state index in [-0.39, 0.29) is 0 Å². The predicted octanol–water partition coefficient (Wildman–Crippen LogP) is 6.95. The zero-order valence-corrected chi connectivity index (χ0v) is 17.5. The molecule has 0 N–H and O–H groups in total. The second kappa shape index (κ2) is 9.55. The maximum atomic E-state index is 6.27. The van der Waals surface area contributed by atoms with Gasteiger partial charge < -0.3 is 13.9 Å². The fourth-order valence-electron chi connectivity index (χ4n) is 3.52. The normalized spacial score (nSPS) is 10.9. The molecule has 1 heterocycles. The van der Waals surface area contributed by atoms with Crippen molar-refractivity contribution >= 4 is 21.9 Å². The quantitative estimate of drug-likeness (QED) is 0.298. The van der Waals surface area contributed by atoms with Crippen molar-refractivity contribution in [2.75, 3.05) is 13.2 Å². The van der Waals surface area contributed by atoms with E-state index in [0.29, 0.717) is 6.61 Å². The summed E-state index contributed by atoms with van der Waals surface area (Å²) in [5.74, 6) is 7.51. The van der Waals surface area contributed by atoms with Gasteiger partial charge in [0, 0.05) is 21.9 Å². The number of unbranched alkanes of at least 4 members (excludes halogenated alkanes) is 4. The van der Waals surface area contributed by atoms with Crippen LogP contribution < -0.4 is 9.47 Å². The van der Waals surface area contributed by atoms with Crippen molar-refractivity contribution in [1.29, 1.82) is 0 Å². The summed E-state index contributed by atoms with van der Waals surface area (Å²) < 4.78 is 18.1. The van der Waals surface area contributed by atoms with Crippen LogP contribution >= 0.6 is 0 Å². The summed E-state index contributed by atoms with van der Waals surface area (Å²) in [5, 5.41) is 2.22. The summed E-state index contributed by atoms with van der Waals surface area (Å²) in [6, 6.07) is 8.23. The largest absolute Gasteiger partial charge is 0.493 e. The lowest BCUT2D eigenvalue weighted by molar-refractivity contribution is 0.302. The average molecular weight is 379 g/mol. The molecule has 0 bridgehead atoms. The number of furan rings is 1. The highest BCUT2D eigenvalue weighted by atomic mass is 16.5. The molecule has 1 aromatic heterocycles. The molecular formula is C25H30O3. The summed E-state index contributed by atoms with van der Waals surface area (Å²) in [4.78, 5) is 0. The van der Waals surface area contributed by atoms with Gasteiger partial charge in [-0.15, -0.1) is 5.92 Å². The van der Waals surface area contributed by atoms with Crippen LogP contribution in [0.5, 0.6) is 11.5 Å². The molecule has 2 aromatic carbocycles. The van der Waals surface area contributed by atoms with Gasteiger partial charge in [-0.1, -0.05) is 38.5 Å². The van der Waals surface area contributed by atoms with E-state index in [4.69, 9.17) is 13.9 Å². The van der Waals surface area contributed by atoms with E-state index in [2.05, 4.69) is 43.9 Å². The number of rotatable bonds is 9. The maximum absolute atomic E-state index is 6.27. The number of ether oxygens (including phenoxy) is 2. The first kappa shape index (κ1) is 20.1. The lowest BCUT2D eigenvalue weighted by Gasteiger charge is -2.09. The molecule has 0 atom stereocenters. The van der Waals surface area contributed by atoms with Crippen LogP contribution in [0.3, 0.4) is 0 Å². The second-order valence-corrected chi connectivity index (χ2v) is 7.21. The smallest absolute Gasteiger partial charge is 0.149 e. The van der Waals surface area contributed by atoms with Gasteiger partial charge >= 0.3 is 0 Å². The molecule has 148 valence electrons. The third kappa shape index (κ3) is 4.28. The Morgan fingerprint density at radius 3 is 2.04 bits per heavy atom. The van der Waals surface area contributed by atoms with Crippen LogP contribution in [0, 0.1) is 25.7 Å². The Labute approximate surface area is 168 Å². The van der Waals surface area contributed by atoms with Gasteiger partial charge in [-0.3, -0.25) is 0 Å². The lowest BCUT2D eigenvalue weighted by atomic mass is 10.1. The summed E-state index contributed by atoms with van der Waals surface area (Å²) in [7, 11) is 0. The van der Waals surface area contributed by atoms with Gasteiger partial charge in [-0.05, 0) is 51.5 Å². The molecule has 0 unspecified atom stereocenters. The highest BCUT2D eigenvalue weighted by Gasteiger charge is 2.16. The first-order chi connectivity index (χ1) is 13.7. The van der Waals surface area contributed by atoms with Crippen molar-refractivity contribution in [2.45, 2.75) is 59.8 Å². The summed E-state index contributed by atoms with van der Waals surface area (Å²) in [6.45, 7) is 9.29. The Hall–Kier alpha value is -2.60. The van der Waals surface area contributed by atoms with Crippen LogP contribution in [0.4, 0.5) is 0 Å². The number of benzene rings is 2. The Morgan fingerprint density at radius 1 is 0.821 bits per heavy atom. The predicted molar refractivity (Wildman–Crippen MR) is 116 cm³/mol. The standard InChI is InChI=1S/C25H30O3/c1-5-7-9-10-11-17-27-23-15-13-21-20-12-14-22(26-16-8-6-2)18(3)24(20)28-25(21)19(23)4/h12-15H,5,7,9-11,16-17H2,1-4H3. The number of hydrogen-bond donors (Lipinski definition) is 0. The molecule has 3 rings (SSSR count). The van der Waals surface area contributed by atoms with Gasteiger partial charge in [0.1, 0.15) is 29.3 Å². The fourth-order valence-corrected chi connectivity index (χ4v) is 3.52. The Kier molecular flexibility index (Phi) is 6.87. The van der Waals surface area contributed by atoms with Gasteiger partial charge in [-0.25, -0.2) is 0 Å². The van der Waals surface area contributed by atoms with E-state index >= 15 is 0 Å². The molecule has 0 amide bonds. The van der Waals surface area contributed by atoms with Gasteiger partial charge in [0.15, 0.2) is 0 Å². The highest BCUT2D eigenvalue weighted by Crippen LogP contribution is 2.38. The summed E-state index contributed by atoms with van der Waals surface area (Å²) >= 11 is 0. The van der Waals surface area contributed by atoms with Gasteiger partial charge in [0.05, 0.1) is 6.61 Å². The highest BCUT2D eigenvalue weighted by molar-refractivity contribution is 6.07. The summed E-state index contributed by atoms with van der Waals surface area (Å²) in [6.07, 6.45) is 6.18. The molecule has 0 aliphatic carbocycles. The molecular weight excluding hydrogens is 348 g/mol. The first-order valence-electron chi connectivity index (χ1n) is 10.3. The van der Waals surface area contributed by atoms with E-state index in [1.54, 1.807) is 0 Å². The Bertz CT molecular complexity index is 1000. The Balaban J connectivity index is 1.82. The minimum Gasteiger partial charge on any atom is -0.493 e. The van der Waals surface area contributed by atoms with Gasteiger partial charge in [0.25, 0.3) is 0 Å². The molecule has 0 aliphatic rings. The van der Waals surface area contributed by atoms with Crippen molar-refractivity contribution in [3.63, 3.8) is 0 Å². The van der Waals surface area contributed by atoms with Gasteiger partial charge in [-0.2, -0.15) is 0 Å². The van der Waals surface area contributed by atoms with E-state index in [9.17, 15) is 0 Å².